The van der Waals surface area contributed by atoms with E-state index in [1.165, 1.54) is 29.2 Å². The molecule has 198 valence electrons. The summed E-state index contributed by atoms with van der Waals surface area (Å²) in [5.41, 5.74) is -1.34. The number of ether oxygens (including phenoxy) is 1. The van der Waals surface area contributed by atoms with Crippen molar-refractivity contribution in [2.45, 2.75) is 42.5 Å². The van der Waals surface area contributed by atoms with Crippen molar-refractivity contribution in [1.29, 1.82) is 0 Å². The van der Waals surface area contributed by atoms with E-state index >= 15 is 0 Å². The average molecular weight is 553 g/mol. The Kier molecular flexibility index (Phi) is 5.77. The quantitative estimate of drug-likeness (QED) is 0.260. The number of rotatable bonds is 4. The number of aromatic nitrogens is 6. The smallest absolute Gasteiger partial charge is 0.194 e. The summed E-state index contributed by atoms with van der Waals surface area (Å²) in [6.45, 7) is 0. The third-order valence-corrected chi connectivity index (χ3v) is 7.14. The van der Waals surface area contributed by atoms with E-state index in [0.29, 0.717) is 5.69 Å². The summed E-state index contributed by atoms with van der Waals surface area (Å²) < 4.78 is 63.1. The van der Waals surface area contributed by atoms with Crippen LogP contribution < -0.4 is 0 Å². The standard InChI is InChI=1S/C23H17ClF4N6O4/c24-11-5-10(1-2-12(11)25)33-8-29-31-22(33)20-19(36)18(21(37)23(38-20)6-16(23)35)34-7-15(30-32-34)9-3-13(26)17(28)14(27)4-9/h1-5,7-8,16,18-21,35-37H,6H2/t16?,18-,19-,20-,21-,23?/m1/s1. The molecular formula is C23H17ClF4N6O4. The number of hydrogen-bond acceptors (Lipinski definition) is 8. The molecule has 15 heteroatoms. The molecule has 2 aliphatic rings. The first-order valence-electron chi connectivity index (χ1n) is 11.2. The van der Waals surface area contributed by atoms with Gasteiger partial charge in [-0.2, -0.15) is 0 Å². The Labute approximate surface area is 215 Å². The Morgan fingerprint density at radius 1 is 1.00 bits per heavy atom. The molecule has 6 atom stereocenters. The fourth-order valence-electron chi connectivity index (χ4n) is 4.75. The number of benzene rings is 2. The molecule has 0 bridgehead atoms. The van der Waals surface area contributed by atoms with Crippen LogP contribution in [0.25, 0.3) is 16.9 Å². The Bertz CT molecular complexity index is 1530. The van der Waals surface area contributed by atoms with Gasteiger partial charge in [-0.1, -0.05) is 16.8 Å². The predicted octanol–water partition coefficient (Wildman–Crippen LogP) is 2.27. The monoisotopic (exact) mass is 552 g/mol. The van der Waals surface area contributed by atoms with Gasteiger partial charge in [0.25, 0.3) is 0 Å². The maximum Gasteiger partial charge on any atom is 0.194 e. The SMILES string of the molecule is OC1CC12O[C@@H](c1nncn1-c1ccc(F)c(Cl)c1)[C@H](O)[C@@H](n1cc(-c3cc(F)c(F)c(F)c3)nn1)[C@H]2O. The Hall–Kier alpha value is -3.43. The van der Waals surface area contributed by atoms with Gasteiger partial charge in [-0.15, -0.1) is 15.3 Å². The minimum atomic E-state index is -1.64. The van der Waals surface area contributed by atoms with Gasteiger partial charge in [-0.25, -0.2) is 22.2 Å². The maximum absolute atomic E-state index is 13.8. The van der Waals surface area contributed by atoms with Gasteiger partial charge in [0, 0.05) is 12.0 Å². The number of aliphatic hydroxyl groups is 3. The van der Waals surface area contributed by atoms with E-state index in [1.807, 2.05) is 0 Å². The lowest BCUT2D eigenvalue weighted by Gasteiger charge is -2.42. The zero-order valence-corrected chi connectivity index (χ0v) is 19.7. The Balaban J connectivity index is 1.39. The molecule has 38 heavy (non-hydrogen) atoms. The van der Waals surface area contributed by atoms with Crippen LogP contribution in [0.15, 0.2) is 42.9 Å². The molecule has 2 fully saturated rings. The van der Waals surface area contributed by atoms with Crippen molar-refractivity contribution < 1.29 is 37.6 Å². The van der Waals surface area contributed by atoms with Crippen molar-refractivity contribution in [2.75, 3.05) is 0 Å². The van der Waals surface area contributed by atoms with Crippen molar-refractivity contribution in [2.24, 2.45) is 0 Å². The van der Waals surface area contributed by atoms with Crippen molar-refractivity contribution in [3.63, 3.8) is 0 Å². The van der Waals surface area contributed by atoms with E-state index < -0.39 is 59.3 Å². The van der Waals surface area contributed by atoms with Gasteiger partial charge in [0.2, 0.25) is 0 Å². The van der Waals surface area contributed by atoms with Crippen LogP contribution >= 0.6 is 11.6 Å². The highest BCUT2D eigenvalue weighted by molar-refractivity contribution is 6.30. The van der Waals surface area contributed by atoms with Crippen molar-refractivity contribution in [3.8, 4) is 16.9 Å². The summed E-state index contributed by atoms with van der Waals surface area (Å²) in [6.07, 6.45) is -2.89. The Morgan fingerprint density at radius 3 is 2.37 bits per heavy atom. The molecular weight excluding hydrogens is 536 g/mol. The Morgan fingerprint density at radius 2 is 1.71 bits per heavy atom. The van der Waals surface area contributed by atoms with Gasteiger partial charge in [0.1, 0.15) is 47.8 Å². The van der Waals surface area contributed by atoms with Gasteiger partial charge >= 0.3 is 0 Å². The normalized spacial score (nSPS) is 28.7. The molecule has 3 N–H and O–H groups in total. The van der Waals surface area contributed by atoms with Gasteiger partial charge in [0.15, 0.2) is 23.3 Å². The van der Waals surface area contributed by atoms with Crippen molar-refractivity contribution >= 4 is 11.6 Å². The average Bonchev–Trinajstić information content (AvgIpc) is 3.26. The number of halogens is 5. The first-order valence-corrected chi connectivity index (χ1v) is 11.6. The summed E-state index contributed by atoms with van der Waals surface area (Å²) in [5.74, 6) is -5.10. The predicted molar refractivity (Wildman–Crippen MR) is 120 cm³/mol. The molecule has 0 radical (unpaired) electrons. The summed E-state index contributed by atoms with van der Waals surface area (Å²) in [5, 5.41) is 48.3. The van der Waals surface area contributed by atoms with Crippen LogP contribution in [0.2, 0.25) is 5.02 Å². The van der Waals surface area contributed by atoms with Crippen LogP contribution in [0.4, 0.5) is 17.6 Å². The van der Waals surface area contributed by atoms with E-state index in [-0.39, 0.29) is 28.5 Å². The van der Waals surface area contributed by atoms with Gasteiger partial charge in [-0.3, -0.25) is 4.57 Å². The van der Waals surface area contributed by atoms with Crippen molar-refractivity contribution in [3.05, 3.63) is 77.0 Å². The largest absolute Gasteiger partial charge is 0.390 e. The molecule has 0 amide bonds. The van der Waals surface area contributed by atoms with Crippen LogP contribution in [-0.4, -0.2) is 69.0 Å². The van der Waals surface area contributed by atoms with Crippen LogP contribution in [-0.2, 0) is 4.74 Å². The first kappa shape index (κ1) is 24.9. The highest BCUT2D eigenvalue weighted by Gasteiger charge is 2.68. The molecule has 2 unspecified atom stereocenters. The van der Waals surface area contributed by atoms with E-state index in [0.717, 1.165) is 22.9 Å². The molecule has 10 nitrogen and oxygen atoms in total. The second kappa shape index (κ2) is 8.81. The minimum absolute atomic E-state index is 0.0281. The molecule has 6 rings (SSSR count). The van der Waals surface area contributed by atoms with Crippen LogP contribution in [0, 0.1) is 23.3 Å². The molecule has 1 aliphatic carbocycles. The van der Waals surface area contributed by atoms with Gasteiger partial charge < -0.3 is 20.1 Å². The number of hydrogen-bond donors (Lipinski definition) is 3. The summed E-state index contributed by atoms with van der Waals surface area (Å²) in [6, 6.07) is 4.05. The molecule has 4 aromatic rings. The van der Waals surface area contributed by atoms with Crippen LogP contribution in [0.5, 0.6) is 0 Å². The molecule has 1 aliphatic heterocycles. The van der Waals surface area contributed by atoms with Crippen LogP contribution in [0.3, 0.4) is 0 Å². The molecule has 1 spiro atoms. The number of aliphatic hydroxyl groups excluding tert-OH is 3. The third-order valence-electron chi connectivity index (χ3n) is 6.85. The molecule has 1 saturated heterocycles. The summed E-state index contributed by atoms with van der Waals surface area (Å²) in [7, 11) is 0. The highest BCUT2D eigenvalue weighted by Crippen LogP contribution is 2.54. The van der Waals surface area contributed by atoms with E-state index in [9.17, 15) is 32.9 Å². The molecule has 2 aromatic carbocycles. The second-order valence-corrected chi connectivity index (χ2v) is 9.54. The second-order valence-electron chi connectivity index (χ2n) is 9.13. The zero-order valence-electron chi connectivity index (χ0n) is 19.0. The first-order chi connectivity index (χ1) is 18.1. The fourth-order valence-corrected chi connectivity index (χ4v) is 4.93. The lowest BCUT2D eigenvalue weighted by atomic mass is 9.90. The van der Waals surface area contributed by atoms with E-state index in [4.69, 9.17) is 16.3 Å². The van der Waals surface area contributed by atoms with Gasteiger partial charge in [0.05, 0.1) is 23.0 Å². The maximum atomic E-state index is 13.8. The van der Waals surface area contributed by atoms with Gasteiger partial charge in [-0.05, 0) is 30.3 Å². The number of nitrogens with zero attached hydrogens (tertiary/aromatic N) is 6. The minimum Gasteiger partial charge on any atom is -0.390 e. The summed E-state index contributed by atoms with van der Waals surface area (Å²) in [4.78, 5) is 0. The molecule has 2 aromatic heterocycles. The van der Waals surface area contributed by atoms with Crippen LogP contribution in [0.1, 0.15) is 24.4 Å². The topological polar surface area (TPSA) is 131 Å². The van der Waals surface area contributed by atoms with E-state index in [1.54, 1.807) is 0 Å². The summed E-state index contributed by atoms with van der Waals surface area (Å²) >= 11 is 5.91. The third kappa shape index (κ3) is 3.79. The molecule has 3 heterocycles. The zero-order chi connectivity index (χ0) is 26.9. The van der Waals surface area contributed by atoms with E-state index in [2.05, 4.69) is 20.5 Å². The molecule has 1 saturated carbocycles. The lowest BCUT2D eigenvalue weighted by Crippen LogP contribution is -2.54. The van der Waals surface area contributed by atoms with Crippen molar-refractivity contribution in [1.82, 2.24) is 29.8 Å². The lowest BCUT2D eigenvalue weighted by molar-refractivity contribution is -0.224. The highest BCUT2D eigenvalue weighted by atomic mass is 35.5. The fraction of sp³-hybridized carbons (Fsp3) is 0.304.